The van der Waals surface area contributed by atoms with Gasteiger partial charge in [0.15, 0.2) is 0 Å². The number of aromatic nitrogens is 1. The highest BCUT2D eigenvalue weighted by atomic mass is 16.5. The highest BCUT2D eigenvalue weighted by Gasteiger charge is 2.05. The largest absolute Gasteiger partial charge is 0.475 e. The molecule has 0 atom stereocenters. The van der Waals surface area contributed by atoms with Crippen molar-refractivity contribution in [1.29, 1.82) is 0 Å². The molecule has 0 unspecified atom stereocenters. The van der Waals surface area contributed by atoms with E-state index in [9.17, 15) is 0 Å². The minimum atomic E-state index is 0.136. The lowest BCUT2D eigenvalue weighted by atomic mass is 10.1. The second-order valence-corrected chi connectivity index (χ2v) is 3.97. The zero-order chi connectivity index (χ0) is 11.5. The van der Waals surface area contributed by atoms with Crippen LogP contribution in [0.1, 0.15) is 13.8 Å². The summed E-state index contributed by atoms with van der Waals surface area (Å²) < 4.78 is 5.69. The molecular weight excluding hydrogens is 200 g/mol. The molecule has 3 nitrogen and oxygen atoms in total. The molecule has 0 bridgehead atoms. The Morgan fingerprint density at radius 2 is 2.06 bits per heavy atom. The van der Waals surface area contributed by atoms with Crippen molar-refractivity contribution in [2.45, 2.75) is 20.0 Å². The highest BCUT2D eigenvalue weighted by Crippen LogP contribution is 2.26. The van der Waals surface area contributed by atoms with Crippen LogP contribution in [-0.4, -0.2) is 18.1 Å². The molecule has 2 aromatic rings. The summed E-state index contributed by atoms with van der Waals surface area (Å²) in [7, 11) is 1.90. The van der Waals surface area contributed by atoms with Crippen molar-refractivity contribution >= 4 is 16.5 Å². The number of hydrogen-bond donors (Lipinski definition) is 1. The van der Waals surface area contributed by atoms with Crippen LogP contribution >= 0.6 is 0 Å². The van der Waals surface area contributed by atoms with Crippen LogP contribution in [0, 0.1) is 0 Å². The van der Waals surface area contributed by atoms with Gasteiger partial charge in [0.05, 0.1) is 6.10 Å². The molecule has 1 aromatic carbocycles. The maximum absolute atomic E-state index is 5.69. The lowest BCUT2D eigenvalue weighted by Crippen LogP contribution is -2.07. The van der Waals surface area contributed by atoms with Crippen molar-refractivity contribution in [3.05, 3.63) is 30.5 Å². The van der Waals surface area contributed by atoms with Gasteiger partial charge in [-0.2, -0.15) is 0 Å². The fourth-order valence-corrected chi connectivity index (χ4v) is 1.61. The molecule has 1 aromatic heterocycles. The van der Waals surface area contributed by atoms with Crippen LogP contribution in [0.4, 0.5) is 5.69 Å². The Hall–Kier alpha value is -1.77. The van der Waals surface area contributed by atoms with E-state index in [1.807, 2.05) is 33.0 Å². The number of nitrogens with zero attached hydrogens (tertiary/aromatic N) is 1. The van der Waals surface area contributed by atoms with Gasteiger partial charge in [0.25, 0.3) is 0 Å². The predicted molar refractivity (Wildman–Crippen MR) is 67.1 cm³/mol. The monoisotopic (exact) mass is 216 g/mol. The van der Waals surface area contributed by atoms with Gasteiger partial charge in [-0.15, -0.1) is 0 Å². The molecule has 0 fully saturated rings. The molecule has 1 heterocycles. The summed E-state index contributed by atoms with van der Waals surface area (Å²) in [6.45, 7) is 4.00. The number of nitrogens with one attached hydrogen (secondary N) is 1. The van der Waals surface area contributed by atoms with Crippen molar-refractivity contribution in [3.63, 3.8) is 0 Å². The van der Waals surface area contributed by atoms with Crippen molar-refractivity contribution in [3.8, 4) is 5.88 Å². The van der Waals surface area contributed by atoms with E-state index in [4.69, 9.17) is 4.74 Å². The van der Waals surface area contributed by atoms with Crippen LogP contribution in [0.15, 0.2) is 30.5 Å². The second-order valence-electron chi connectivity index (χ2n) is 3.97. The van der Waals surface area contributed by atoms with Gasteiger partial charge in [0.2, 0.25) is 5.88 Å². The summed E-state index contributed by atoms with van der Waals surface area (Å²) in [4.78, 5) is 4.27. The molecule has 0 amide bonds. The number of hydrogen-bond acceptors (Lipinski definition) is 3. The average Bonchev–Trinajstić information content (AvgIpc) is 2.28. The van der Waals surface area contributed by atoms with Gasteiger partial charge in [0, 0.05) is 24.3 Å². The molecule has 16 heavy (non-hydrogen) atoms. The van der Waals surface area contributed by atoms with Crippen molar-refractivity contribution < 1.29 is 4.74 Å². The maximum Gasteiger partial charge on any atom is 0.221 e. The molecule has 0 spiro atoms. The number of rotatable bonds is 3. The fourth-order valence-electron chi connectivity index (χ4n) is 1.61. The first-order valence-corrected chi connectivity index (χ1v) is 5.44. The number of pyridine rings is 1. The van der Waals surface area contributed by atoms with Gasteiger partial charge in [-0.05, 0) is 37.4 Å². The summed E-state index contributed by atoms with van der Waals surface area (Å²) in [6, 6.07) is 8.15. The van der Waals surface area contributed by atoms with Crippen molar-refractivity contribution in [2.24, 2.45) is 0 Å². The summed E-state index contributed by atoms with van der Waals surface area (Å²) in [6.07, 6.45) is 1.91. The quantitative estimate of drug-likeness (QED) is 0.856. The molecule has 0 aliphatic rings. The molecule has 84 valence electrons. The first-order valence-electron chi connectivity index (χ1n) is 5.44. The summed E-state index contributed by atoms with van der Waals surface area (Å²) in [5.41, 5.74) is 1.06. The first-order chi connectivity index (χ1) is 7.70. The normalized spacial score (nSPS) is 10.8. The van der Waals surface area contributed by atoms with Crippen LogP contribution in [0.2, 0.25) is 0 Å². The van der Waals surface area contributed by atoms with Crippen molar-refractivity contribution in [1.82, 2.24) is 4.98 Å². The van der Waals surface area contributed by atoms with Gasteiger partial charge in [-0.25, -0.2) is 4.98 Å². The molecule has 3 heteroatoms. The zero-order valence-corrected chi connectivity index (χ0v) is 9.82. The lowest BCUT2D eigenvalue weighted by molar-refractivity contribution is 0.236. The van der Waals surface area contributed by atoms with Crippen LogP contribution in [0.25, 0.3) is 10.8 Å². The van der Waals surface area contributed by atoms with Gasteiger partial charge < -0.3 is 10.1 Å². The highest BCUT2D eigenvalue weighted by molar-refractivity contribution is 5.89. The summed E-state index contributed by atoms with van der Waals surface area (Å²) in [5.74, 6) is 0.699. The van der Waals surface area contributed by atoms with E-state index in [0.717, 1.165) is 16.5 Å². The molecule has 0 radical (unpaired) electrons. The van der Waals surface area contributed by atoms with E-state index in [1.165, 1.54) is 0 Å². The third kappa shape index (κ3) is 2.08. The standard InChI is InChI=1S/C13H16N2O/c1-9(2)16-13-12-8-11(14-3)5-4-10(12)6-7-15-13/h4-9,14H,1-3H3. The summed E-state index contributed by atoms with van der Waals surface area (Å²) >= 11 is 0. The molecule has 0 saturated heterocycles. The van der Waals surface area contributed by atoms with Gasteiger partial charge in [0.1, 0.15) is 0 Å². The van der Waals surface area contributed by atoms with E-state index in [1.54, 1.807) is 6.20 Å². The van der Waals surface area contributed by atoms with E-state index in [0.29, 0.717) is 5.88 Å². The smallest absolute Gasteiger partial charge is 0.221 e. The Morgan fingerprint density at radius 3 is 2.75 bits per heavy atom. The SMILES string of the molecule is CNc1ccc2ccnc(OC(C)C)c2c1. The first kappa shape index (κ1) is 10.7. The minimum absolute atomic E-state index is 0.136. The lowest BCUT2D eigenvalue weighted by Gasteiger charge is -2.11. The van der Waals surface area contributed by atoms with Crippen LogP contribution in [-0.2, 0) is 0 Å². The molecule has 0 aliphatic heterocycles. The second kappa shape index (κ2) is 4.39. The Bertz CT molecular complexity index is 494. The summed E-state index contributed by atoms with van der Waals surface area (Å²) in [5, 5.41) is 5.30. The Balaban J connectivity index is 2.55. The number of ether oxygens (including phenoxy) is 1. The van der Waals surface area contributed by atoms with E-state index in [-0.39, 0.29) is 6.10 Å². The molecule has 0 aliphatic carbocycles. The van der Waals surface area contributed by atoms with Crippen LogP contribution < -0.4 is 10.1 Å². The number of anilines is 1. The topological polar surface area (TPSA) is 34.2 Å². The van der Waals surface area contributed by atoms with Crippen LogP contribution in [0.3, 0.4) is 0 Å². The molecule has 1 N–H and O–H groups in total. The molecular formula is C13H16N2O. The van der Waals surface area contributed by atoms with E-state index < -0.39 is 0 Å². The Morgan fingerprint density at radius 1 is 1.25 bits per heavy atom. The van der Waals surface area contributed by atoms with Crippen molar-refractivity contribution in [2.75, 3.05) is 12.4 Å². The number of benzene rings is 1. The third-order valence-corrected chi connectivity index (χ3v) is 2.37. The van der Waals surface area contributed by atoms with Gasteiger partial charge >= 0.3 is 0 Å². The van der Waals surface area contributed by atoms with E-state index in [2.05, 4.69) is 22.4 Å². The Kier molecular flexibility index (Phi) is 2.95. The number of fused-ring (bicyclic) bond motifs is 1. The van der Waals surface area contributed by atoms with Gasteiger partial charge in [-0.3, -0.25) is 0 Å². The third-order valence-electron chi connectivity index (χ3n) is 2.37. The predicted octanol–water partition coefficient (Wildman–Crippen LogP) is 3.06. The maximum atomic E-state index is 5.69. The Labute approximate surface area is 95.5 Å². The average molecular weight is 216 g/mol. The van der Waals surface area contributed by atoms with E-state index >= 15 is 0 Å². The fraction of sp³-hybridized carbons (Fsp3) is 0.308. The molecule has 2 rings (SSSR count). The minimum Gasteiger partial charge on any atom is -0.475 e. The molecule has 0 saturated carbocycles. The van der Waals surface area contributed by atoms with Gasteiger partial charge in [-0.1, -0.05) is 6.07 Å². The van der Waals surface area contributed by atoms with Crippen LogP contribution in [0.5, 0.6) is 5.88 Å². The zero-order valence-electron chi connectivity index (χ0n) is 9.82.